The van der Waals surface area contributed by atoms with Gasteiger partial charge in [0, 0.05) is 11.4 Å². The number of nitrogens with one attached hydrogen (secondary N) is 4. The first-order valence-electron chi connectivity index (χ1n) is 9.21. The lowest BCUT2D eigenvalue weighted by Gasteiger charge is -2.09. The third-order valence-corrected chi connectivity index (χ3v) is 4.97. The lowest BCUT2D eigenvalue weighted by molar-refractivity contribution is -0.347. The number of aryl methyl sites for hydroxylation is 2. The number of anilines is 4. The number of rotatable bonds is 4. The number of H-pyrrole nitrogens is 2. The van der Waals surface area contributed by atoms with Gasteiger partial charge in [-0.15, -0.1) is 0 Å². The first-order chi connectivity index (χ1) is 13.8. The molecule has 0 spiro atoms. The number of aromatic amines is 2. The van der Waals surface area contributed by atoms with E-state index in [1.807, 2.05) is 12.1 Å². The Morgan fingerprint density at radius 1 is 0.964 bits per heavy atom. The number of hydrogen-bond acceptors (Lipinski definition) is 5. The highest BCUT2D eigenvalue weighted by Gasteiger charge is 2.17. The van der Waals surface area contributed by atoms with Crippen molar-refractivity contribution in [3.8, 4) is 6.07 Å². The molecule has 4 N–H and O–H groups in total. The van der Waals surface area contributed by atoms with Crippen molar-refractivity contribution in [3.05, 3.63) is 65.5 Å². The number of aromatic nitrogens is 4. The molecule has 2 aromatic heterocycles. The van der Waals surface area contributed by atoms with Crippen molar-refractivity contribution < 1.29 is 4.98 Å². The summed E-state index contributed by atoms with van der Waals surface area (Å²) in [6.45, 7) is 0. The largest absolute Gasteiger partial charge is 0.337 e. The first-order valence-corrected chi connectivity index (χ1v) is 9.21. The molecular formula is C21H18N7+. The lowest BCUT2D eigenvalue weighted by Crippen LogP contribution is -2.05. The topological polar surface area (TPSA) is 104 Å². The second kappa shape index (κ2) is 6.67. The Bertz CT molecular complexity index is 1200. The van der Waals surface area contributed by atoms with Gasteiger partial charge in [0.05, 0.1) is 11.6 Å². The van der Waals surface area contributed by atoms with Crippen LogP contribution in [-0.4, -0.2) is 15.0 Å². The van der Waals surface area contributed by atoms with Gasteiger partial charge in [0.15, 0.2) is 12.1 Å². The summed E-state index contributed by atoms with van der Waals surface area (Å²) in [6.07, 6.45) is 5.25. The van der Waals surface area contributed by atoms with Crippen molar-refractivity contribution >= 4 is 34.3 Å². The van der Waals surface area contributed by atoms with Crippen LogP contribution in [0.3, 0.4) is 0 Å². The van der Waals surface area contributed by atoms with E-state index >= 15 is 0 Å². The highest BCUT2D eigenvalue weighted by molar-refractivity contribution is 5.84. The summed E-state index contributed by atoms with van der Waals surface area (Å²) in [6, 6.07) is 15.8. The molecule has 0 aliphatic heterocycles. The van der Waals surface area contributed by atoms with E-state index < -0.39 is 0 Å². The van der Waals surface area contributed by atoms with Gasteiger partial charge in [0.1, 0.15) is 0 Å². The Labute approximate surface area is 161 Å². The van der Waals surface area contributed by atoms with Gasteiger partial charge in [-0.25, -0.2) is 4.98 Å². The average molecular weight is 368 g/mol. The quantitative estimate of drug-likeness (QED) is 0.510. The van der Waals surface area contributed by atoms with Crippen LogP contribution in [0.1, 0.15) is 23.1 Å². The summed E-state index contributed by atoms with van der Waals surface area (Å²) < 4.78 is 0. The van der Waals surface area contributed by atoms with Crippen molar-refractivity contribution in [2.24, 2.45) is 0 Å². The summed E-state index contributed by atoms with van der Waals surface area (Å²) in [5.74, 6) is 1.16. The summed E-state index contributed by atoms with van der Waals surface area (Å²) in [5, 5.41) is 15.6. The molecule has 7 heteroatoms. The second-order valence-corrected chi connectivity index (χ2v) is 6.83. The van der Waals surface area contributed by atoms with Gasteiger partial charge in [-0.2, -0.15) is 10.2 Å². The van der Waals surface area contributed by atoms with Gasteiger partial charge in [-0.1, -0.05) is 11.1 Å². The molecule has 0 amide bonds. The molecule has 0 saturated heterocycles. The van der Waals surface area contributed by atoms with Crippen LogP contribution in [0.25, 0.3) is 11.2 Å². The van der Waals surface area contributed by atoms with Crippen LogP contribution < -0.4 is 15.6 Å². The Kier molecular flexibility index (Phi) is 3.87. The van der Waals surface area contributed by atoms with E-state index in [0.717, 1.165) is 29.7 Å². The molecule has 4 aromatic rings. The Morgan fingerprint density at radius 3 is 2.64 bits per heavy atom. The highest BCUT2D eigenvalue weighted by atomic mass is 15.2. The highest BCUT2D eigenvalue weighted by Crippen LogP contribution is 2.28. The number of nitrogens with zero attached hydrogens (tertiary/aromatic N) is 3. The van der Waals surface area contributed by atoms with Gasteiger partial charge in [0.2, 0.25) is 5.52 Å². The van der Waals surface area contributed by atoms with E-state index in [4.69, 9.17) is 5.26 Å². The van der Waals surface area contributed by atoms with E-state index in [0.29, 0.717) is 23.0 Å². The van der Waals surface area contributed by atoms with Crippen molar-refractivity contribution in [2.45, 2.75) is 19.3 Å². The van der Waals surface area contributed by atoms with Crippen molar-refractivity contribution in [3.63, 3.8) is 0 Å². The molecule has 28 heavy (non-hydrogen) atoms. The molecule has 0 radical (unpaired) electrons. The normalized spacial score (nSPS) is 12.5. The minimum absolute atomic E-state index is 0.469. The molecule has 0 unspecified atom stereocenters. The maximum absolute atomic E-state index is 8.94. The fourth-order valence-electron chi connectivity index (χ4n) is 3.57. The van der Waals surface area contributed by atoms with E-state index in [1.54, 1.807) is 18.5 Å². The minimum atomic E-state index is 0.469. The molecule has 2 heterocycles. The number of benzene rings is 2. The zero-order valence-corrected chi connectivity index (χ0v) is 15.1. The van der Waals surface area contributed by atoms with Crippen LogP contribution in [0.4, 0.5) is 23.1 Å². The number of fused-ring (bicyclic) bond motifs is 2. The Morgan fingerprint density at radius 2 is 1.79 bits per heavy atom. The van der Waals surface area contributed by atoms with Gasteiger partial charge >= 0.3 is 11.6 Å². The molecule has 0 bridgehead atoms. The number of nitriles is 1. The van der Waals surface area contributed by atoms with Crippen LogP contribution >= 0.6 is 0 Å². The monoisotopic (exact) mass is 368 g/mol. The molecule has 0 fully saturated rings. The van der Waals surface area contributed by atoms with E-state index in [9.17, 15) is 0 Å². The molecule has 136 valence electrons. The molecule has 2 aromatic carbocycles. The smallest absolute Gasteiger partial charge is 0.307 e. The van der Waals surface area contributed by atoms with Crippen molar-refractivity contribution in [1.82, 2.24) is 15.0 Å². The van der Waals surface area contributed by atoms with E-state index in [-0.39, 0.29) is 0 Å². The van der Waals surface area contributed by atoms with Gasteiger partial charge in [-0.3, -0.25) is 4.98 Å². The maximum Gasteiger partial charge on any atom is 0.307 e. The summed E-state index contributed by atoms with van der Waals surface area (Å²) in [7, 11) is 0. The molecule has 5 rings (SSSR count). The van der Waals surface area contributed by atoms with Gasteiger partial charge < -0.3 is 10.6 Å². The van der Waals surface area contributed by atoms with E-state index in [2.05, 4.69) is 54.8 Å². The lowest BCUT2D eigenvalue weighted by atomic mass is 10.1. The predicted octanol–water partition coefficient (Wildman–Crippen LogP) is 3.62. The van der Waals surface area contributed by atoms with Crippen LogP contribution in [0.5, 0.6) is 0 Å². The maximum atomic E-state index is 8.94. The van der Waals surface area contributed by atoms with Crippen molar-refractivity contribution in [1.29, 1.82) is 5.26 Å². The standard InChI is InChI=1S/C21H17N7/c22-11-13-4-7-16(8-5-13)26-21-27-19-18(23-12-24-19)20(28-21)25-17-9-6-14-2-1-3-15(14)10-17/h4-10,12H,1-3H2,(H3,23,24,25,26,27,28)/p+1. The third-order valence-electron chi connectivity index (χ3n) is 4.97. The first kappa shape index (κ1) is 16.3. The molecule has 1 aliphatic carbocycles. The third kappa shape index (κ3) is 3.01. The SMILES string of the molecule is N#Cc1ccc(Nc2nc(Nc3ccc4c(c3)CCC4)c3[nH]c[nH+]c3n2)cc1. The second-order valence-electron chi connectivity index (χ2n) is 6.83. The fraction of sp³-hybridized carbons (Fsp3) is 0.143. The zero-order chi connectivity index (χ0) is 18.9. The Hall–Kier alpha value is -3.92. The summed E-state index contributed by atoms with van der Waals surface area (Å²) in [4.78, 5) is 15.4. The zero-order valence-electron chi connectivity index (χ0n) is 15.1. The van der Waals surface area contributed by atoms with Crippen LogP contribution in [-0.2, 0) is 12.8 Å². The van der Waals surface area contributed by atoms with Gasteiger partial charge in [0.25, 0.3) is 0 Å². The summed E-state index contributed by atoms with van der Waals surface area (Å²) >= 11 is 0. The predicted molar refractivity (Wildman–Crippen MR) is 107 cm³/mol. The van der Waals surface area contributed by atoms with Crippen LogP contribution in [0.2, 0.25) is 0 Å². The summed E-state index contributed by atoms with van der Waals surface area (Å²) in [5.41, 5.74) is 6.80. The molecule has 0 atom stereocenters. The Balaban J connectivity index is 1.47. The number of hydrogen-bond donors (Lipinski definition) is 3. The minimum Gasteiger partial charge on any atom is -0.337 e. The molecule has 7 nitrogen and oxygen atoms in total. The molecule has 1 aliphatic rings. The molecular weight excluding hydrogens is 350 g/mol. The molecule has 0 saturated carbocycles. The van der Waals surface area contributed by atoms with Crippen LogP contribution in [0, 0.1) is 11.3 Å². The van der Waals surface area contributed by atoms with Crippen LogP contribution in [0.15, 0.2) is 48.8 Å². The van der Waals surface area contributed by atoms with Crippen molar-refractivity contribution in [2.75, 3.05) is 10.6 Å². The number of imidazole rings is 1. The van der Waals surface area contributed by atoms with Gasteiger partial charge in [-0.05, 0) is 66.8 Å². The average Bonchev–Trinajstić information content (AvgIpc) is 3.37. The fourth-order valence-corrected chi connectivity index (χ4v) is 3.57. The van der Waals surface area contributed by atoms with E-state index in [1.165, 1.54) is 17.5 Å².